The van der Waals surface area contributed by atoms with Crippen molar-refractivity contribution in [1.29, 1.82) is 0 Å². The van der Waals surface area contributed by atoms with Gasteiger partial charge in [-0.3, -0.25) is 4.98 Å². The zero-order valence-corrected chi connectivity index (χ0v) is 10.2. The Bertz CT molecular complexity index is 316. The molecular weight excluding hydrogens is 178 g/mol. The molecule has 1 atom stereocenters. The van der Waals surface area contributed by atoms with E-state index in [2.05, 4.69) is 18.0 Å². The van der Waals surface area contributed by atoms with Gasteiger partial charge in [0, 0.05) is 6.20 Å². The first-order valence-corrected chi connectivity index (χ1v) is 5.57. The third-order valence-electron chi connectivity index (χ3n) is 2.94. The molecule has 0 saturated carbocycles. The molecule has 1 aliphatic carbocycles. The summed E-state index contributed by atoms with van der Waals surface area (Å²) >= 11 is 0. The Hall–Kier alpha value is -0.673. The predicted molar refractivity (Wildman–Crippen MR) is 55.6 cm³/mol. The Morgan fingerprint density at radius 2 is 2.46 bits per heavy atom. The van der Waals surface area contributed by atoms with Gasteiger partial charge in [-0.05, 0) is 37.8 Å². The topological polar surface area (TPSA) is 22.1 Å². The van der Waals surface area contributed by atoms with Crippen LogP contribution in [0.15, 0.2) is 18.3 Å². The summed E-state index contributed by atoms with van der Waals surface area (Å²) in [7, 11) is 0.783. The van der Waals surface area contributed by atoms with Crippen LogP contribution in [0, 0.1) is 0 Å². The van der Waals surface area contributed by atoms with Gasteiger partial charge in [-0.1, -0.05) is 6.07 Å². The summed E-state index contributed by atoms with van der Waals surface area (Å²) in [5, 5.41) is 0. The first kappa shape index (κ1) is 8.90. The van der Waals surface area contributed by atoms with Crippen LogP contribution in [0.3, 0.4) is 0 Å². The predicted octanol–water partition coefficient (Wildman–Crippen LogP) is 0.930. The lowest BCUT2D eigenvalue weighted by atomic mass is 9.84. The second-order valence-electron chi connectivity index (χ2n) is 3.80. The molecule has 1 aromatic rings. The van der Waals surface area contributed by atoms with E-state index in [0.717, 1.165) is 29.0 Å². The molecule has 1 aromatic heterocycles. The maximum Gasteiger partial charge on any atom is 0.147 e. The summed E-state index contributed by atoms with van der Waals surface area (Å²) < 4.78 is 5.68. The quantitative estimate of drug-likeness (QED) is 0.619. The lowest BCUT2D eigenvalue weighted by molar-refractivity contribution is 0.0737. The summed E-state index contributed by atoms with van der Waals surface area (Å²) in [5.41, 5.74) is 2.43. The highest BCUT2D eigenvalue weighted by atomic mass is 28.2. The number of fused-ring (bicyclic) bond motifs is 1. The van der Waals surface area contributed by atoms with Gasteiger partial charge in [0.2, 0.25) is 0 Å². The van der Waals surface area contributed by atoms with E-state index in [1.807, 2.05) is 12.3 Å². The van der Waals surface area contributed by atoms with Gasteiger partial charge in [0.15, 0.2) is 0 Å². The SMILES string of the molecule is CC1(O[SiH3])CCCc2cccnc21. The number of aromatic nitrogens is 1. The first-order valence-electron chi connectivity index (χ1n) is 4.76. The van der Waals surface area contributed by atoms with Crippen molar-refractivity contribution in [2.24, 2.45) is 0 Å². The summed E-state index contributed by atoms with van der Waals surface area (Å²) in [4.78, 5) is 4.44. The van der Waals surface area contributed by atoms with Crippen molar-refractivity contribution < 1.29 is 4.43 Å². The van der Waals surface area contributed by atoms with E-state index in [1.165, 1.54) is 12.0 Å². The molecule has 0 aliphatic heterocycles. The fourth-order valence-electron chi connectivity index (χ4n) is 2.05. The van der Waals surface area contributed by atoms with Crippen molar-refractivity contribution in [2.45, 2.75) is 31.8 Å². The normalized spacial score (nSPS) is 27.2. The van der Waals surface area contributed by atoms with E-state index in [-0.39, 0.29) is 5.60 Å². The first-order chi connectivity index (χ1) is 6.26. The maximum absolute atomic E-state index is 5.68. The van der Waals surface area contributed by atoms with Crippen molar-refractivity contribution >= 4 is 10.5 Å². The molecule has 0 N–H and O–H groups in total. The fraction of sp³-hybridized carbons (Fsp3) is 0.500. The van der Waals surface area contributed by atoms with Crippen LogP contribution in [0.5, 0.6) is 0 Å². The van der Waals surface area contributed by atoms with Gasteiger partial charge >= 0.3 is 0 Å². The molecule has 0 amide bonds. The van der Waals surface area contributed by atoms with Crippen LogP contribution in [-0.2, 0) is 16.4 Å². The molecule has 1 aliphatic rings. The molecule has 0 radical (unpaired) electrons. The van der Waals surface area contributed by atoms with Gasteiger partial charge in [0.05, 0.1) is 11.3 Å². The zero-order chi connectivity index (χ0) is 9.31. The second-order valence-corrected chi connectivity index (χ2v) is 4.21. The average molecular weight is 193 g/mol. The Balaban J connectivity index is 2.48. The molecule has 0 bridgehead atoms. The summed E-state index contributed by atoms with van der Waals surface area (Å²) in [5.74, 6) is 0. The van der Waals surface area contributed by atoms with Crippen LogP contribution in [0.25, 0.3) is 0 Å². The third-order valence-corrected chi connectivity index (χ3v) is 3.84. The minimum absolute atomic E-state index is 0.0962. The minimum Gasteiger partial charge on any atom is -0.417 e. The van der Waals surface area contributed by atoms with E-state index >= 15 is 0 Å². The summed E-state index contributed by atoms with van der Waals surface area (Å²) in [6, 6.07) is 4.18. The largest absolute Gasteiger partial charge is 0.417 e. The molecule has 1 heterocycles. The number of hydrogen-bond acceptors (Lipinski definition) is 2. The Morgan fingerprint density at radius 3 is 3.23 bits per heavy atom. The van der Waals surface area contributed by atoms with Crippen molar-refractivity contribution in [3.63, 3.8) is 0 Å². The van der Waals surface area contributed by atoms with Crippen LogP contribution in [0.4, 0.5) is 0 Å². The van der Waals surface area contributed by atoms with Crippen LogP contribution >= 0.6 is 0 Å². The molecule has 13 heavy (non-hydrogen) atoms. The third kappa shape index (κ3) is 1.42. The van der Waals surface area contributed by atoms with Crippen molar-refractivity contribution in [3.05, 3.63) is 29.6 Å². The monoisotopic (exact) mass is 193 g/mol. The molecule has 0 spiro atoms. The van der Waals surface area contributed by atoms with Gasteiger partial charge < -0.3 is 4.43 Å². The summed E-state index contributed by atoms with van der Waals surface area (Å²) in [6.07, 6.45) is 5.35. The van der Waals surface area contributed by atoms with Crippen LogP contribution in [0.1, 0.15) is 31.0 Å². The minimum atomic E-state index is -0.0962. The number of rotatable bonds is 1. The number of hydrogen-bond donors (Lipinski definition) is 0. The number of aryl methyl sites for hydroxylation is 1. The van der Waals surface area contributed by atoms with Crippen molar-refractivity contribution in [1.82, 2.24) is 4.98 Å². The lowest BCUT2D eigenvalue weighted by Crippen LogP contribution is -2.31. The smallest absolute Gasteiger partial charge is 0.147 e. The number of nitrogens with zero attached hydrogens (tertiary/aromatic N) is 1. The van der Waals surface area contributed by atoms with Crippen LogP contribution < -0.4 is 0 Å². The molecule has 0 aromatic carbocycles. The molecule has 0 fully saturated rings. The van der Waals surface area contributed by atoms with Gasteiger partial charge in [-0.15, -0.1) is 0 Å². The van der Waals surface area contributed by atoms with Crippen molar-refractivity contribution in [3.8, 4) is 0 Å². The van der Waals surface area contributed by atoms with Gasteiger partial charge in [-0.25, -0.2) is 0 Å². The second kappa shape index (κ2) is 3.23. The number of pyridine rings is 1. The fourth-order valence-corrected chi connectivity index (χ4v) is 2.45. The van der Waals surface area contributed by atoms with E-state index in [9.17, 15) is 0 Å². The van der Waals surface area contributed by atoms with Crippen LogP contribution in [0.2, 0.25) is 0 Å². The van der Waals surface area contributed by atoms with Crippen LogP contribution in [-0.4, -0.2) is 15.5 Å². The highest BCUT2D eigenvalue weighted by Gasteiger charge is 2.32. The highest BCUT2D eigenvalue weighted by molar-refractivity contribution is 5.98. The van der Waals surface area contributed by atoms with E-state index in [4.69, 9.17) is 4.43 Å². The molecular formula is C10H15NOSi. The summed E-state index contributed by atoms with van der Waals surface area (Å²) in [6.45, 7) is 2.16. The Morgan fingerprint density at radius 1 is 1.62 bits per heavy atom. The molecule has 2 nitrogen and oxygen atoms in total. The van der Waals surface area contributed by atoms with Gasteiger partial charge in [0.25, 0.3) is 0 Å². The zero-order valence-electron chi connectivity index (χ0n) is 8.21. The standard InChI is InChI=1S/C10H15NOSi/c1-10(12-13)6-2-4-8-5-3-7-11-9(8)10/h3,5,7H,2,4,6H2,1,13H3. The van der Waals surface area contributed by atoms with Crippen molar-refractivity contribution in [2.75, 3.05) is 0 Å². The maximum atomic E-state index is 5.68. The lowest BCUT2D eigenvalue weighted by Gasteiger charge is -2.33. The van der Waals surface area contributed by atoms with E-state index in [1.54, 1.807) is 0 Å². The Kier molecular flexibility index (Phi) is 2.22. The molecule has 2 rings (SSSR count). The molecule has 3 heteroatoms. The molecule has 1 unspecified atom stereocenters. The van der Waals surface area contributed by atoms with E-state index < -0.39 is 0 Å². The average Bonchev–Trinajstić information content (AvgIpc) is 2.19. The molecule has 70 valence electrons. The van der Waals surface area contributed by atoms with Gasteiger partial charge in [-0.2, -0.15) is 0 Å². The van der Waals surface area contributed by atoms with E-state index in [0.29, 0.717) is 0 Å². The highest BCUT2D eigenvalue weighted by Crippen LogP contribution is 2.35. The molecule has 0 saturated heterocycles. The Labute approximate surface area is 81.9 Å². The van der Waals surface area contributed by atoms with Gasteiger partial charge in [0.1, 0.15) is 10.5 Å².